The Morgan fingerprint density at radius 2 is 0.519 bits per heavy atom. The summed E-state index contributed by atoms with van der Waals surface area (Å²) in [5.41, 5.74) is 0. The van der Waals surface area contributed by atoms with Crippen LogP contribution in [0.5, 0.6) is 0 Å². The van der Waals surface area contributed by atoms with Gasteiger partial charge in [-0.05, 0) is 128 Å². The number of rotatable bonds is 57. The molecule has 1 unspecified atom stereocenters. The highest BCUT2D eigenvalue weighted by Crippen LogP contribution is 2.15. The van der Waals surface area contributed by atoms with E-state index in [-0.39, 0.29) is 37.5 Å². The lowest BCUT2D eigenvalue weighted by Gasteiger charge is -2.18. The van der Waals surface area contributed by atoms with Crippen LogP contribution >= 0.6 is 0 Å². The van der Waals surface area contributed by atoms with Gasteiger partial charge in [-0.2, -0.15) is 0 Å². The van der Waals surface area contributed by atoms with E-state index in [1.165, 1.54) is 109 Å². The SMILES string of the molecule is CC/C=C\C/C=C\C/C=C\C/C=C\C/C=C\CCCCCCCCCCCCCC(=O)OCC(COC(=O)CC/C=C\C/C=C\C/C=C\C/C=C\CC)OC(=O)CCCCCCCC/C=C\C/C=C\C/C=C\CCCCCCC. The molecule has 6 nitrogen and oxygen atoms in total. The molecule has 0 aliphatic rings. The molecule has 0 heterocycles. The largest absolute Gasteiger partial charge is 0.462 e. The van der Waals surface area contributed by atoms with E-state index in [1.54, 1.807) is 0 Å². The van der Waals surface area contributed by atoms with Crippen LogP contribution in [0.4, 0.5) is 0 Å². The van der Waals surface area contributed by atoms with E-state index in [2.05, 4.69) is 161 Å². The summed E-state index contributed by atoms with van der Waals surface area (Å²) < 4.78 is 16.8. The molecular weight excluding hydrogens is 973 g/mol. The summed E-state index contributed by atoms with van der Waals surface area (Å²) in [5, 5.41) is 0. The van der Waals surface area contributed by atoms with Gasteiger partial charge in [-0.15, -0.1) is 0 Å². The van der Waals surface area contributed by atoms with E-state index in [0.717, 1.165) is 122 Å². The first kappa shape index (κ1) is 74.3. The van der Waals surface area contributed by atoms with Gasteiger partial charge in [0.15, 0.2) is 6.10 Å². The highest BCUT2D eigenvalue weighted by atomic mass is 16.6. The van der Waals surface area contributed by atoms with Crippen molar-refractivity contribution in [1.82, 2.24) is 0 Å². The van der Waals surface area contributed by atoms with E-state index in [4.69, 9.17) is 14.2 Å². The van der Waals surface area contributed by atoms with Crippen LogP contribution in [0, 0.1) is 0 Å². The summed E-state index contributed by atoms with van der Waals surface area (Å²) in [5.74, 6) is -1.01. The van der Waals surface area contributed by atoms with Crippen LogP contribution in [0.25, 0.3) is 0 Å². The Hall–Kier alpha value is -4.71. The van der Waals surface area contributed by atoms with Crippen molar-refractivity contribution in [2.24, 2.45) is 0 Å². The third-order valence-electron chi connectivity index (χ3n) is 13.3. The number of hydrogen-bond donors (Lipinski definition) is 0. The lowest BCUT2D eigenvalue weighted by molar-refractivity contribution is -0.166. The molecule has 6 heteroatoms. The van der Waals surface area contributed by atoms with E-state index >= 15 is 0 Å². The molecule has 1 atom stereocenters. The van der Waals surface area contributed by atoms with Gasteiger partial charge in [0.2, 0.25) is 0 Å². The van der Waals surface area contributed by atoms with Gasteiger partial charge in [0, 0.05) is 19.3 Å². The van der Waals surface area contributed by atoms with Crippen LogP contribution in [-0.4, -0.2) is 37.2 Å². The molecule has 0 aliphatic carbocycles. The number of ether oxygens (including phenoxy) is 3. The van der Waals surface area contributed by atoms with Crippen molar-refractivity contribution in [3.05, 3.63) is 146 Å². The van der Waals surface area contributed by atoms with Crippen molar-refractivity contribution in [3.63, 3.8) is 0 Å². The molecule has 0 fully saturated rings. The number of carbonyl (C=O) groups excluding carboxylic acids is 3. The molecule has 0 saturated heterocycles. The summed E-state index contributed by atoms with van der Waals surface area (Å²) in [6, 6.07) is 0. The Balaban J connectivity index is 4.40. The molecule has 0 saturated carbocycles. The van der Waals surface area contributed by atoms with Crippen molar-refractivity contribution in [2.45, 2.75) is 284 Å². The molecule has 0 N–H and O–H groups in total. The molecule has 0 bridgehead atoms. The van der Waals surface area contributed by atoms with E-state index in [1.807, 2.05) is 6.08 Å². The smallest absolute Gasteiger partial charge is 0.306 e. The summed E-state index contributed by atoms with van der Waals surface area (Å²) >= 11 is 0. The molecule has 0 radical (unpaired) electrons. The molecule has 0 rings (SSSR count). The predicted octanol–water partition coefficient (Wildman–Crippen LogP) is 22.3. The van der Waals surface area contributed by atoms with Gasteiger partial charge >= 0.3 is 17.9 Å². The molecule has 0 aromatic carbocycles. The minimum atomic E-state index is -0.822. The van der Waals surface area contributed by atoms with Crippen molar-refractivity contribution < 1.29 is 28.6 Å². The Labute approximate surface area is 487 Å². The number of esters is 3. The molecule has 0 aromatic rings. The lowest BCUT2D eigenvalue weighted by atomic mass is 10.0. The first-order valence-corrected chi connectivity index (χ1v) is 32.3. The van der Waals surface area contributed by atoms with Gasteiger partial charge in [-0.1, -0.05) is 276 Å². The summed E-state index contributed by atoms with van der Waals surface area (Å²) in [7, 11) is 0. The highest BCUT2D eigenvalue weighted by molar-refractivity contribution is 5.71. The molecular formula is C73H118O6. The number of carbonyl (C=O) groups is 3. The van der Waals surface area contributed by atoms with E-state index < -0.39 is 6.10 Å². The number of unbranched alkanes of at least 4 members (excludes halogenated alkanes) is 22. The first-order valence-electron chi connectivity index (χ1n) is 32.3. The zero-order valence-electron chi connectivity index (χ0n) is 51.1. The summed E-state index contributed by atoms with van der Waals surface area (Å²) in [6.07, 6.45) is 94.4. The second-order valence-electron chi connectivity index (χ2n) is 20.9. The van der Waals surface area contributed by atoms with Gasteiger partial charge in [0.05, 0.1) is 0 Å². The van der Waals surface area contributed by atoms with Crippen molar-refractivity contribution in [2.75, 3.05) is 13.2 Å². The minimum absolute atomic E-state index is 0.112. The predicted molar refractivity (Wildman–Crippen MR) is 343 cm³/mol. The second-order valence-corrected chi connectivity index (χ2v) is 20.9. The lowest BCUT2D eigenvalue weighted by Crippen LogP contribution is -2.30. The van der Waals surface area contributed by atoms with Crippen LogP contribution in [0.15, 0.2) is 146 Å². The fourth-order valence-corrected chi connectivity index (χ4v) is 8.55. The molecule has 0 spiro atoms. The van der Waals surface area contributed by atoms with Crippen LogP contribution in [0.2, 0.25) is 0 Å². The molecule has 0 aromatic heterocycles. The maximum absolute atomic E-state index is 12.9. The van der Waals surface area contributed by atoms with Crippen LogP contribution in [-0.2, 0) is 28.6 Å². The van der Waals surface area contributed by atoms with Crippen LogP contribution in [0.1, 0.15) is 278 Å². The van der Waals surface area contributed by atoms with Gasteiger partial charge in [-0.3, -0.25) is 14.4 Å². The van der Waals surface area contributed by atoms with Crippen molar-refractivity contribution in [1.29, 1.82) is 0 Å². The fourth-order valence-electron chi connectivity index (χ4n) is 8.55. The Bertz CT molecular complexity index is 1730. The third kappa shape index (κ3) is 64.0. The average Bonchev–Trinajstić information content (AvgIpc) is 3.45. The monoisotopic (exact) mass is 1090 g/mol. The van der Waals surface area contributed by atoms with Crippen molar-refractivity contribution in [3.8, 4) is 0 Å². The maximum Gasteiger partial charge on any atom is 0.306 e. The number of hydrogen-bond acceptors (Lipinski definition) is 6. The topological polar surface area (TPSA) is 78.9 Å². The number of allylic oxidation sites excluding steroid dienone is 24. The summed E-state index contributed by atoms with van der Waals surface area (Å²) in [4.78, 5) is 38.3. The molecule has 79 heavy (non-hydrogen) atoms. The Kier molecular flexibility index (Phi) is 61.9. The normalized spacial score (nSPS) is 13.1. The van der Waals surface area contributed by atoms with Crippen LogP contribution < -0.4 is 0 Å². The van der Waals surface area contributed by atoms with Gasteiger partial charge < -0.3 is 14.2 Å². The third-order valence-corrected chi connectivity index (χ3v) is 13.3. The molecule has 0 amide bonds. The summed E-state index contributed by atoms with van der Waals surface area (Å²) in [6.45, 7) is 6.33. The fraction of sp³-hybridized carbons (Fsp3) is 0.630. The van der Waals surface area contributed by atoms with Crippen molar-refractivity contribution >= 4 is 17.9 Å². The Morgan fingerprint density at radius 1 is 0.266 bits per heavy atom. The highest BCUT2D eigenvalue weighted by Gasteiger charge is 2.19. The van der Waals surface area contributed by atoms with E-state index in [9.17, 15) is 14.4 Å². The zero-order valence-corrected chi connectivity index (χ0v) is 51.1. The standard InChI is InChI=1S/C73H118O6/c1-4-7-10-13-16-19-22-25-27-29-31-33-34-35-36-37-38-40-41-43-45-48-51-54-57-60-63-66-72(75)78-69-70(68-77-71(74)65-62-59-56-53-50-47-24-21-18-15-12-9-6-3)79-73(76)67-64-61-58-55-52-49-46-44-42-39-32-30-28-26-23-20-17-14-11-8-5-2/h7,9-10,12,16,18-19,21,23,25-27,30-33,35-36,42,44,47,50,56,59,70H,4-6,8,11,13-15,17,20,22,24,28-29,34,37-41,43,45-46,48-49,51-55,57-58,60-69H2,1-3H3/b10-7-,12-9-,19-16-,21-18-,26-23-,27-25-,32-30-,33-31-,36-35-,44-42-,50-47-,59-56-. The Morgan fingerprint density at radius 3 is 0.848 bits per heavy atom. The molecule has 0 aliphatic heterocycles. The van der Waals surface area contributed by atoms with Gasteiger partial charge in [0.25, 0.3) is 0 Å². The van der Waals surface area contributed by atoms with Crippen LogP contribution in [0.3, 0.4) is 0 Å². The second kappa shape index (κ2) is 65.8. The zero-order chi connectivity index (χ0) is 57.1. The first-order chi connectivity index (χ1) is 39.0. The minimum Gasteiger partial charge on any atom is -0.462 e. The quantitative estimate of drug-likeness (QED) is 0.0261. The molecule has 446 valence electrons. The van der Waals surface area contributed by atoms with E-state index in [0.29, 0.717) is 19.3 Å². The average molecular weight is 1090 g/mol. The van der Waals surface area contributed by atoms with Gasteiger partial charge in [0.1, 0.15) is 13.2 Å². The van der Waals surface area contributed by atoms with Gasteiger partial charge in [-0.25, -0.2) is 0 Å². The maximum atomic E-state index is 12.9.